The molecule has 0 spiro atoms. The van der Waals surface area contributed by atoms with Crippen LogP contribution in [0.25, 0.3) is 0 Å². The van der Waals surface area contributed by atoms with E-state index in [0.29, 0.717) is 18.7 Å². The first-order valence-electron chi connectivity index (χ1n) is 10.8. The molecule has 0 aliphatic carbocycles. The van der Waals surface area contributed by atoms with Crippen molar-refractivity contribution in [2.24, 2.45) is 0 Å². The molecule has 0 saturated carbocycles. The van der Waals surface area contributed by atoms with Crippen molar-refractivity contribution >= 4 is 17.5 Å². The monoisotopic (exact) mass is 407 g/mol. The van der Waals surface area contributed by atoms with E-state index < -0.39 is 0 Å². The first-order chi connectivity index (χ1) is 14.7. The fourth-order valence-corrected chi connectivity index (χ4v) is 4.11. The lowest BCUT2D eigenvalue weighted by atomic mass is 10.1. The number of ether oxygens (including phenoxy) is 1. The van der Waals surface area contributed by atoms with E-state index in [1.807, 2.05) is 53.4 Å². The number of hydrogen-bond donors (Lipinski definition) is 2. The van der Waals surface area contributed by atoms with Gasteiger partial charge in [0.05, 0.1) is 6.10 Å². The third-order valence-electron chi connectivity index (χ3n) is 5.73. The zero-order chi connectivity index (χ0) is 20.9. The molecule has 1 saturated heterocycles. The molecule has 2 atom stereocenters. The molecule has 2 heterocycles. The Bertz CT molecular complexity index is 908. The molecule has 30 heavy (non-hydrogen) atoms. The number of carbonyl (C=O) groups excluding carboxylic acids is 2. The van der Waals surface area contributed by atoms with Crippen molar-refractivity contribution in [1.29, 1.82) is 0 Å². The summed E-state index contributed by atoms with van der Waals surface area (Å²) in [4.78, 5) is 27.4. The second kappa shape index (κ2) is 9.30. The normalized spacial score (nSPS) is 20.3. The van der Waals surface area contributed by atoms with E-state index in [4.69, 9.17) is 4.74 Å². The number of fused-ring (bicyclic) bond motifs is 1. The Morgan fingerprint density at radius 2 is 2.07 bits per heavy atom. The van der Waals surface area contributed by atoms with Gasteiger partial charge < -0.3 is 20.3 Å². The molecule has 0 bridgehead atoms. The minimum absolute atomic E-state index is 0.0204. The average Bonchev–Trinajstić information content (AvgIpc) is 3.37. The highest BCUT2D eigenvalue weighted by Crippen LogP contribution is 2.35. The SMILES string of the molecule is CCCCNC(=O)c1cccc(N[C@H]2c3ccccc3C(=O)N2C[C@@H]2CCCO2)c1. The number of amides is 2. The van der Waals surface area contributed by atoms with Gasteiger partial charge >= 0.3 is 0 Å². The van der Waals surface area contributed by atoms with Crippen molar-refractivity contribution in [1.82, 2.24) is 10.2 Å². The van der Waals surface area contributed by atoms with Crippen molar-refractivity contribution in [3.63, 3.8) is 0 Å². The van der Waals surface area contributed by atoms with Crippen LogP contribution in [0, 0.1) is 0 Å². The van der Waals surface area contributed by atoms with Gasteiger partial charge in [0.2, 0.25) is 0 Å². The fraction of sp³-hybridized carbons (Fsp3) is 0.417. The summed E-state index contributed by atoms with van der Waals surface area (Å²) in [5.74, 6) is -0.0572. The lowest BCUT2D eigenvalue weighted by Crippen LogP contribution is -2.38. The Balaban J connectivity index is 1.54. The molecular formula is C24H29N3O3. The van der Waals surface area contributed by atoms with Gasteiger partial charge in [-0.25, -0.2) is 0 Å². The summed E-state index contributed by atoms with van der Waals surface area (Å²) in [5.41, 5.74) is 3.10. The molecule has 4 rings (SSSR count). The standard InChI is InChI=1S/C24H29N3O3/c1-2-3-13-25-23(28)17-8-6-9-18(15-17)26-22-20-11-4-5-12-21(20)24(29)27(22)16-19-10-7-14-30-19/h4-6,8-9,11-12,15,19,22,26H,2-3,7,10,13-14,16H2,1H3,(H,25,28)/t19-,22+/m0/s1. The molecule has 0 radical (unpaired) electrons. The third kappa shape index (κ3) is 4.33. The zero-order valence-electron chi connectivity index (χ0n) is 17.4. The molecule has 2 aromatic carbocycles. The summed E-state index contributed by atoms with van der Waals surface area (Å²) in [6.45, 7) is 4.09. The van der Waals surface area contributed by atoms with Crippen LogP contribution in [-0.2, 0) is 4.74 Å². The van der Waals surface area contributed by atoms with E-state index in [9.17, 15) is 9.59 Å². The van der Waals surface area contributed by atoms with Crippen molar-refractivity contribution in [2.75, 3.05) is 25.0 Å². The van der Waals surface area contributed by atoms with Gasteiger partial charge in [0.15, 0.2) is 0 Å². The first kappa shape index (κ1) is 20.4. The summed E-state index contributed by atoms with van der Waals surface area (Å²) in [7, 11) is 0. The first-order valence-corrected chi connectivity index (χ1v) is 10.8. The van der Waals surface area contributed by atoms with E-state index in [1.54, 1.807) is 0 Å². The molecule has 6 heteroatoms. The van der Waals surface area contributed by atoms with Gasteiger partial charge in [-0.3, -0.25) is 9.59 Å². The minimum Gasteiger partial charge on any atom is -0.376 e. The number of benzene rings is 2. The van der Waals surface area contributed by atoms with Gasteiger partial charge in [0.1, 0.15) is 6.17 Å². The second-order valence-electron chi connectivity index (χ2n) is 7.92. The maximum Gasteiger partial charge on any atom is 0.256 e. The van der Waals surface area contributed by atoms with E-state index >= 15 is 0 Å². The number of rotatable bonds is 8. The molecule has 2 aromatic rings. The largest absolute Gasteiger partial charge is 0.376 e. The smallest absolute Gasteiger partial charge is 0.256 e. The molecule has 6 nitrogen and oxygen atoms in total. The zero-order valence-corrected chi connectivity index (χ0v) is 17.4. The lowest BCUT2D eigenvalue weighted by molar-refractivity contribution is 0.0488. The molecular weight excluding hydrogens is 378 g/mol. The Kier molecular flexibility index (Phi) is 6.33. The number of nitrogens with zero attached hydrogens (tertiary/aromatic N) is 1. The number of hydrogen-bond acceptors (Lipinski definition) is 4. The van der Waals surface area contributed by atoms with Gasteiger partial charge in [-0.15, -0.1) is 0 Å². The van der Waals surface area contributed by atoms with Gasteiger partial charge in [-0.2, -0.15) is 0 Å². The molecule has 2 aliphatic rings. The van der Waals surface area contributed by atoms with Crippen LogP contribution in [-0.4, -0.2) is 42.5 Å². The van der Waals surface area contributed by atoms with Gasteiger partial charge in [0, 0.05) is 42.1 Å². The van der Waals surface area contributed by atoms with Crippen molar-refractivity contribution < 1.29 is 14.3 Å². The topological polar surface area (TPSA) is 70.7 Å². The number of unbranched alkanes of at least 4 members (excludes halogenated alkanes) is 1. The summed E-state index contributed by atoms with van der Waals surface area (Å²) in [5, 5.41) is 6.44. The number of carbonyl (C=O) groups is 2. The average molecular weight is 408 g/mol. The van der Waals surface area contributed by atoms with E-state index in [2.05, 4.69) is 17.6 Å². The van der Waals surface area contributed by atoms with E-state index in [1.165, 1.54) is 0 Å². The summed E-state index contributed by atoms with van der Waals surface area (Å²) >= 11 is 0. The molecule has 2 amide bonds. The van der Waals surface area contributed by atoms with Gasteiger partial charge in [-0.05, 0) is 43.5 Å². The van der Waals surface area contributed by atoms with Crippen LogP contribution < -0.4 is 10.6 Å². The number of nitrogens with one attached hydrogen (secondary N) is 2. The highest BCUT2D eigenvalue weighted by Gasteiger charge is 2.38. The highest BCUT2D eigenvalue weighted by molar-refractivity contribution is 5.99. The van der Waals surface area contributed by atoms with Crippen LogP contribution >= 0.6 is 0 Å². The molecule has 1 fully saturated rings. The van der Waals surface area contributed by atoms with E-state index in [-0.39, 0.29) is 24.1 Å². The molecule has 2 N–H and O–H groups in total. The van der Waals surface area contributed by atoms with Crippen LogP contribution in [0.2, 0.25) is 0 Å². The van der Waals surface area contributed by atoms with Crippen molar-refractivity contribution in [3.05, 3.63) is 65.2 Å². The maximum absolute atomic E-state index is 13.1. The Morgan fingerprint density at radius 1 is 1.20 bits per heavy atom. The third-order valence-corrected chi connectivity index (χ3v) is 5.73. The van der Waals surface area contributed by atoms with Gasteiger partial charge in [-0.1, -0.05) is 37.6 Å². The predicted molar refractivity (Wildman–Crippen MR) is 116 cm³/mol. The molecule has 158 valence electrons. The van der Waals surface area contributed by atoms with Crippen LogP contribution in [0.4, 0.5) is 5.69 Å². The Labute approximate surface area is 177 Å². The number of anilines is 1. The maximum atomic E-state index is 13.1. The Morgan fingerprint density at radius 3 is 2.87 bits per heavy atom. The summed E-state index contributed by atoms with van der Waals surface area (Å²) in [6.07, 6.45) is 3.80. The molecule has 2 aliphatic heterocycles. The van der Waals surface area contributed by atoms with Crippen molar-refractivity contribution in [2.45, 2.75) is 44.9 Å². The second-order valence-corrected chi connectivity index (χ2v) is 7.92. The van der Waals surface area contributed by atoms with Crippen LogP contribution in [0.3, 0.4) is 0 Å². The fourth-order valence-electron chi connectivity index (χ4n) is 4.11. The lowest BCUT2D eigenvalue weighted by Gasteiger charge is -2.29. The Hall–Kier alpha value is -2.86. The van der Waals surface area contributed by atoms with Crippen LogP contribution in [0.1, 0.15) is 65.1 Å². The van der Waals surface area contributed by atoms with Gasteiger partial charge in [0.25, 0.3) is 11.8 Å². The van der Waals surface area contributed by atoms with Crippen LogP contribution in [0.15, 0.2) is 48.5 Å². The quantitative estimate of drug-likeness (QED) is 0.650. The van der Waals surface area contributed by atoms with E-state index in [0.717, 1.165) is 49.1 Å². The van der Waals surface area contributed by atoms with Crippen molar-refractivity contribution in [3.8, 4) is 0 Å². The molecule has 0 aromatic heterocycles. The highest BCUT2D eigenvalue weighted by atomic mass is 16.5. The van der Waals surface area contributed by atoms with Crippen LogP contribution in [0.5, 0.6) is 0 Å². The minimum atomic E-state index is -0.281. The molecule has 0 unspecified atom stereocenters. The predicted octanol–water partition coefficient (Wildman–Crippen LogP) is 3.96. The summed E-state index contributed by atoms with van der Waals surface area (Å²) < 4.78 is 5.78. The summed E-state index contributed by atoms with van der Waals surface area (Å²) in [6, 6.07) is 15.2.